The molecule has 1 N–H and O–H groups in total. The summed E-state index contributed by atoms with van der Waals surface area (Å²) >= 11 is 0. The van der Waals surface area contributed by atoms with Crippen LogP contribution in [0.15, 0.2) is 54.7 Å². The molecular formula is C21H19N3O3. The molecule has 2 aromatic carbocycles. The molecule has 2 amide bonds. The van der Waals surface area contributed by atoms with E-state index in [9.17, 15) is 9.59 Å². The van der Waals surface area contributed by atoms with Gasteiger partial charge in [-0.1, -0.05) is 18.2 Å². The van der Waals surface area contributed by atoms with Gasteiger partial charge >= 0.3 is 0 Å². The second-order valence-corrected chi connectivity index (χ2v) is 6.34. The Bertz CT molecular complexity index is 997. The molecule has 0 fully saturated rings. The molecule has 1 aliphatic rings. The van der Waals surface area contributed by atoms with Crippen molar-refractivity contribution in [2.24, 2.45) is 0 Å². The van der Waals surface area contributed by atoms with Gasteiger partial charge in [-0.25, -0.2) is 0 Å². The lowest BCUT2D eigenvalue weighted by molar-refractivity contribution is 0.0654. The highest BCUT2D eigenvalue weighted by Crippen LogP contribution is 2.28. The number of hydrogen-bond acceptors (Lipinski definition) is 5. The lowest BCUT2D eigenvalue weighted by Gasteiger charge is -2.15. The lowest BCUT2D eigenvalue weighted by Crippen LogP contribution is -2.31. The zero-order chi connectivity index (χ0) is 18.8. The Morgan fingerprint density at radius 2 is 1.78 bits per heavy atom. The van der Waals surface area contributed by atoms with Crippen molar-refractivity contribution < 1.29 is 14.3 Å². The van der Waals surface area contributed by atoms with E-state index < -0.39 is 0 Å². The molecule has 4 rings (SSSR count). The summed E-state index contributed by atoms with van der Waals surface area (Å²) in [5.74, 6) is 0.312. The average molecular weight is 361 g/mol. The summed E-state index contributed by atoms with van der Waals surface area (Å²) in [6.07, 6.45) is 2.38. The van der Waals surface area contributed by atoms with Crippen LogP contribution >= 0.6 is 0 Å². The van der Waals surface area contributed by atoms with Crippen LogP contribution < -0.4 is 10.1 Å². The Hall–Kier alpha value is -3.41. The van der Waals surface area contributed by atoms with Crippen LogP contribution in [0, 0.1) is 0 Å². The molecule has 0 radical (unpaired) electrons. The van der Waals surface area contributed by atoms with Gasteiger partial charge in [0.1, 0.15) is 5.75 Å². The largest absolute Gasteiger partial charge is 0.497 e. The Balaban J connectivity index is 1.42. The van der Waals surface area contributed by atoms with Crippen molar-refractivity contribution in [3.8, 4) is 5.75 Å². The molecule has 136 valence electrons. The van der Waals surface area contributed by atoms with E-state index in [1.807, 2.05) is 24.3 Å². The molecule has 3 aromatic rings. The molecule has 27 heavy (non-hydrogen) atoms. The van der Waals surface area contributed by atoms with Crippen LogP contribution in [0.25, 0.3) is 10.9 Å². The molecular weight excluding hydrogens is 342 g/mol. The van der Waals surface area contributed by atoms with Crippen molar-refractivity contribution in [2.45, 2.75) is 6.42 Å². The number of anilines is 1. The zero-order valence-electron chi connectivity index (χ0n) is 14.9. The Labute approximate surface area is 156 Å². The summed E-state index contributed by atoms with van der Waals surface area (Å²) in [5, 5.41) is 4.33. The molecule has 0 atom stereocenters. The highest BCUT2D eigenvalue weighted by molar-refractivity contribution is 6.21. The first kappa shape index (κ1) is 17.0. The van der Waals surface area contributed by atoms with Gasteiger partial charge in [-0.3, -0.25) is 19.5 Å². The summed E-state index contributed by atoms with van der Waals surface area (Å²) in [6, 6.07) is 14.6. The molecule has 0 aliphatic carbocycles. The van der Waals surface area contributed by atoms with Gasteiger partial charge in [0, 0.05) is 30.7 Å². The first-order chi connectivity index (χ1) is 13.2. The van der Waals surface area contributed by atoms with Crippen molar-refractivity contribution in [3.63, 3.8) is 0 Å². The van der Waals surface area contributed by atoms with Crippen molar-refractivity contribution in [2.75, 3.05) is 25.5 Å². The number of hydrogen-bond donors (Lipinski definition) is 1. The minimum atomic E-state index is -0.218. The number of fused-ring (bicyclic) bond motifs is 2. The fraction of sp³-hybridized carbons (Fsp3) is 0.190. The van der Waals surface area contributed by atoms with Crippen LogP contribution in [-0.2, 0) is 0 Å². The van der Waals surface area contributed by atoms with Crippen LogP contribution in [0.3, 0.4) is 0 Å². The number of amides is 2. The molecule has 6 heteroatoms. The molecule has 0 saturated carbocycles. The number of methoxy groups -OCH3 is 1. The maximum Gasteiger partial charge on any atom is 0.261 e. The number of rotatable bonds is 6. The van der Waals surface area contributed by atoms with E-state index in [0.717, 1.165) is 22.3 Å². The Morgan fingerprint density at radius 1 is 1.04 bits per heavy atom. The SMILES string of the molecule is COc1cc(NCCCN2C(=O)c3ccccc3C2=O)c2ncccc2c1. The number of benzene rings is 2. The third-order valence-electron chi connectivity index (χ3n) is 4.67. The van der Waals surface area contributed by atoms with E-state index >= 15 is 0 Å². The predicted octanol–water partition coefficient (Wildman–Crippen LogP) is 3.34. The van der Waals surface area contributed by atoms with Gasteiger partial charge in [-0.15, -0.1) is 0 Å². The first-order valence-corrected chi connectivity index (χ1v) is 8.81. The van der Waals surface area contributed by atoms with Gasteiger partial charge in [0.15, 0.2) is 0 Å². The number of pyridine rings is 1. The topological polar surface area (TPSA) is 71.5 Å². The van der Waals surface area contributed by atoms with E-state index in [4.69, 9.17) is 4.74 Å². The monoisotopic (exact) mass is 361 g/mol. The van der Waals surface area contributed by atoms with Gasteiger partial charge in [0.25, 0.3) is 11.8 Å². The molecule has 1 aromatic heterocycles. The fourth-order valence-corrected chi connectivity index (χ4v) is 3.32. The van der Waals surface area contributed by atoms with Crippen molar-refractivity contribution >= 4 is 28.4 Å². The molecule has 0 spiro atoms. The second-order valence-electron chi connectivity index (χ2n) is 6.34. The molecule has 0 bridgehead atoms. The number of carbonyl (C=O) groups is 2. The number of aromatic nitrogens is 1. The van der Waals surface area contributed by atoms with Crippen LogP contribution in [0.4, 0.5) is 5.69 Å². The summed E-state index contributed by atoms with van der Waals surface area (Å²) in [6.45, 7) is 0.973. The van der Waals surface area contributed by atoms with E-state index in [0.29, 0.717) is 30.6 Å². The first-order valence-electron chi connectivity index (χ1n) is 8.81. The fourth-order valence-electron chi connectivity index (χ4n) is 3.32. The summed E-state index contributed by atoms with van der Waals surface area (Å²) < 4.78 is 5.35. The number of carbonyl (C=O) groups excluding carboxylic acids is 2. The normalized spacial score (nSPS) is 13.1. The number of ether oxygens (including phenoxy) is 1. The van der Waals surface area contributed by atoms with Gasteiger partial charge in [-0.05, 0) is 30.7 Å². The number of imide groups is 1. The van der Waals surface area contributed by atoms with E-state index in [-0.39, 0.29) is 11.8 Å². The summed E-state index contributed by atoms with van der Waals surface area (Å²) in [7, 11) is 1.63. The van der Waals surface area contributed by atoms with Gasteiger partial charge < -0.3 is 10.1 Å². The van der Waals surface area contributed by atoms with Crippen molar-refractivity contribution in [1.82, 2.24) is 9.88 Å². The van der Waals surface area contributed by atoms with Crippen molar-refractivity contribution in [1.29, 1.82) is 0 Å². The Kier molecular flexibility index (Phi) is 4.46. The third-order valence-corrected chi connectivity index (χ3v) is 4.67. The predicted molar refractivity (Wildman–Crippen MR) is 103 cm³/mol. The molecule has 2 heterocycles. The van der Waals surface area contributed by atoms with Crippen LogP contribution in [0.5, 0.6) is 5.75 Å². The quantitative estimate of drug-likeness (QED) is 0.539. The van der Waals surface area contributed by atoms with E-state index in [2.05, 4.69) is 10.3 Å². The Morgan fingerprint density at radius 3 is 2.48 bits per heavy atom. The lowest BCUT2D eigenvalue weighted by atomic mass is 10.1. The van der Waals surface area contributed by atoms with Crippen LogP contribution in [-0.4, -0.2) is 41.9 Å². The van der Waals surface area contributed by atoms with Gasteiger partial charge in [0.05, 0.1) is 29.4 Å². The van der Waals surface area contributed by atoms with Crippen LogP contribution in [0.1, 0.15) is 27.1 Å². The van der Waals surface area contributed by atoms with E-state index in [1.165, 1.54) is 4.90 Å². The zero-order valence-corrected chi connectivity index (χ0v) is 14.9. The maximum atomic E-state index is 12.4. The van der Waals surface area contributed by atoms with Gasteiger partial charge in [0.2, 0.25) is 0 Å². The minimum absolute atomic E-state index is 0.218. The minimum Gasteiger partial charge on any atom is -0.497 e. The highest BCUT2D eigenvalue weighted by atomic mass is 16.5. The molecule has 6 nitrogen and oxygen atoms in total. The molecule has 0 saturated heterocycles. The molecule has 0 unspecified atom stereocenters. The highest BCUT2D eigenvalue weighted by Gasteiger charge is 2.34. The maximum absolute atomic E-state index is 12.4. The third kappa shape index (κ3) is 3.10. The van der Waals surface area contributed by atoms with E-state index in [1.54, 1.807) is 37.6 Å². The standard InChI is InChI=1S/C21H19N3O3/c1-27-15-12-14-6-4-9-23-19(14)18(13-15)22-10-5-11-24-20(25)16-7-2-3-8-17(16)21(24)26/h2-4,6-9,12-13,22H,5,10-11H2,1H3. The number of nitrogens with zero attached hydrogens (tertiary/aromatic N) is 2. The number of nitrogens with one attached hydrogen (secondary N) is 1. The second kappa shape index (κ2) is 7.07. The van der Waals surface area contributed by atoms with Gasteiger partial charge in [-0.2, -0.15) is 0 Å². The summed E-state index contributed by atoms with van der Waals surface area (Å²) in [4.78, 5) is 30.5. The molecule has 1 aliphatic heterocycles. The van der Waals surface area contributed by atoms with Crippen molar-refractivity contribution in [3.05, 3.63) is 65.9 Å². The smallest absolute Gasteiger partial charge is 0.261 e. The average Bonchev–Trinajstić information content (AvgIpc) is 2.95. The summed E-state index contributed by atoms with van der Waals surface area (Å²) in [5.41, 5.74) is 2.70. The van der Waals surface area contributed by atoms with Crippen LogP contribution in [0.2, 0.25) is 0 Å².